The molecule has 1 fully saturated rings. The van der Waals surface area contributed by atoms with E-state index in [1.807, 2.05) is 41.8 Å². The van der Waals surface area contributed by atoms with Gasteiger partial charge in [0.15, 0.2) is 0 Å². The molecule has 2 rings (SSSR count). The molecule has 0 spiro atoms. The lowest BCUT2D eigenvalue weighted by Crippen LogP contribution is -2.47. The summed E-state index contributed by atoms with van der Waals surface area (Å²) in [6.07, 6.45) is 2.42. The second-order valence-electron chi connectivity index (χ2n) is 7.11. The minimum Gasteiger partial charge on any atom is -0.375 e. The van der Waals surface area contributed by atoms with Crippen molar-refractivity contribution in [2.45, 2.75) is 33.1 Å². The number of hydrogen-bond donors (Lipinski definition) is 1. The third kappa shape index (κ3) is 6.15. The quantitative estimate of drug-likeness (QED) is 0.712. The van der Waals surface area contributed by atoms with E-state index >= 15 is 0 Å². The van der Waals surface area contributed by atoms with E-state index in [-0.39, 0.29) is 17.9 Å². The topological polar surface area (TPSA) is 55.9 Å². The normalized spacial score (nSPS) is 14.7. The Hall–Kier alpha value is -2.24. The summed E-state index contributed by atoms with van der Waals surface area (Å²) in [5.74, 6) is 0.303. The van der Waals surface area contributed by atoms with Crippen molar-refractivity contribution in [3.8, 4) is 0 Å². The van der Waals surface area contributed by atoms with Crippen molar-refractivity contribution in [1.82, 2.24) is 15.1 Å². The fraction of sp³-hybridized carbons (Fsp3) is 0.619. The number of para-hydroxylation sites is 1. The van der Waals surface area contributed by atoms with Crippen molar-refractivity contribution in [2.24, 2.45) is 5.92 Å². The number of nitrogens with one attached hydrogen (secondary N) is 1. The van der Waals surface area contributed by atoms with Gasteiger partial charge in [-0.25, -0.2) is 4.79 Å². The van der Waals surface area contributed by atoms with Gasteiger partial charge in [0.2, 0.25) is 5.91 Å². The maximum absolute atomic E-state index is 12.4. The van der Waals surface area contributed by atoms with Crippen LogP contribution in [0.3, 0.4) is 0 Å². The van der Waals surface area contributed by atoms with Gasteiger partial charge in [0, 0.05) is 57.9 Å². The molecule has 1 aliphatic rings. The Labute approximate surface area is 163 Å². The maximum Gasteiger partial charge on any atom is 0.317 e. The second kappa shape index (κ2) is 10.8. The van der Waals surface area contributed by atoms with Gasteiger partial charge in [-0.3, -0.25) is 4.79 Å². The molecule has 1 aliphatic heterocycles. The number of carbonyl (C=O) groups is 2. The number of urea groups is 1. The third-order valence-corrected chi connectivity index (χ3v) is 5.35. The van der Waals surface area contributed by atoms with E-state index in [1.54, 1.807) is 0 Å². The van der Waals surface area contributed by atoms with E-state index in [9.17, 15) is 9.59 Å². The number of benzene rings is 1. The highest BCUT2D eigenvalue weighted by molar-refractivity contribution is 5.79. The molecule has 1 N–H and O–H groups in total. The highest BCUT2D eigenvalue weighted by Crippen LogP contribution is 2.19. The number of hydrogen-bond acceptors (Lipinski definition) is 3. The number of carbonyl (C=O) groups excluding carboxylic acids is 2. The number of amides is 3. The monoisotopic (exact) mass is 374 g/mol. The Morgan fingerprint density at radius 1 is 1.11 bits per heavy atom. The molecule has 1 heterocycles. The predicted octanol–water partition coefficient (Wildman–Crippen LogP) is 2.80. The van der Waals surface area contributed by atoms with Crippen LogP contribution >= 0.6 is 0 Å². The van der Waals surface area contributed by atoms with E-state index in [2.05, 4.69) is 29.4 Å². The van der Waals surface area contributed by atoms with E-state index in [1.165, 1.54) is 5.69 Å². The Morgan fingerprint density at radius 2 is 1.74 bits per heavy atom. The van der Waals surface area contributed by atoms with Crippen LogP contribution in [0.2, 0.25) is 0 Å². The van der Waals surface area contributed by atoms with Crippen molar-refractivity contribution in [3.05, 3.63) is 30.3 Å². The highest BCUT2D eigenvalue weighted by atomic mass is 16.2. The summed E-state index contributed by atoms with van der Waals surface area (Å²) < 4.78 is 0. The lowest BCUT2D eigenvalue weighted by molar-refractivity contribution is -0.136. The van der Waals surface area contributed by atoms with Crippen LogP contribution in [0.1, 0.15) is 33.1 Å². The summed E-state index contributed by atoms with van der Waals surface area (Å²) in [6.45, 7) is 8.42. The second-order valence-corrected chi connectivity index (χ2v) is 7.11. The van der Waals surface area contributed by atoms with Crippen molar-refractivity contribution in [3.63, 3.8) is 0 Å². The summed E-state index contributed by atoms with van der Waals surface area (Å²) in [7, 11) is 2.06. The first-order valence-corrected chi connectivity index (χ1v) is 10.1. The molecule has 0 radical (unpaired) electrons. The van der Waals surface area contributed by atoms with Crippen LogP contribution in [0.5, 0.6) is 0 Å². The summed E-state index contributed by atoms with van der Waals surface area (Å²) >= 11 is 0. The molecule has 3 amide bonds. The Bertz CT molecular complexity index is 581. The fourth-order valence-corrected chi connectivity index (χ4v) is 3.56. The first kappa shape index (κ1) is 21.1. The molecule has 0 aromatic heterocycles. The first-order valence-electron chi connectivity index (χ1n) is 10.1. The highest BCUT2D eigenvalue weighted by Gasteiger charge is 2.29. The fourth-order valence-electron chi connectivity index (χ4n) is 3.56. The van der Waals surface area contributed by atoms with Crippen LogP contribution in [0, 0.1) is 5.92 Å². The molecule has 1 aromatic rings. The lowest BCUT2D eigenvalue weighted by Gasteiger charge is -2.33. The van der Waals surface area contributed by atoms with Crippen LogP contribution in [0.15, 0.2) is 30.3 Å². The molecule has 0 saturated carbocycles. The predicted molar refractivity (Wildman–Crippen MR) is 110 cm³/mol. The molecular formula is C21H34N4O2. The molecule has 1 saturated heterocycles. The van der Waals surface area contributed by atoms with E-state index in [0.29, 0.717) is 19.6 Å². The lowest BCUT2D eigenvalue weighted by atomic mass is 9.95. The number of piperidine rings is 1. The number of rotatable bonds is 8. The summed E-state index contributed by atoms with van der Waals surface area (Å²) in [5.41, 5.74) is 1.18. The van der Waals surface area contributed by atoms with Crippen LogP contribution in [0.4, 0.5) is 10.5 Å². The molecule has 6 nitrogen and oxygen atoms in total. The SMILES string of the molecule is CCN(CC)C(=O)C1CCN(C(=O)NCCCN(C)c2ccccc2)CC1. The van der Waals surface area contributed by atoms with Crippen molar-refractivity contribution >= 4 is 17.6 Å². The molecule has 6 heteroatoms. The Kier molecular flexibility index (Phi) is 8.43. The van der Waals surface area contributed by atoms with Crippen LogP contribution < -0.4 is 10.2 Å². The first-order chi connectivity index (χ1) is 13.1. The minimum atomic E-state index is -0.00824. The van der Waals surface area contributed by atoms with Gasteiger partial charge in [0.05, 0.1) is 0 Å². The summed E-state index contributed by atoms with van der Waals surface area (Å²) in [6, 6.07) is 10.2. The largest absolute Gasteiger partial charge is 0.375 e. The van der Waals surface area contributed by atoms with E-state index in [4.69, 9.17) is 0 Å². The zero-order valence-corrected chi connectivity index (χ0v) is 17.0. The molecular weight excluding hydrogens is 340 g/mol. The minimum absolute atomic E-state index is 0.00824. The summed E-state index contributed by atoms with van der Waals surface area (Å²) in [5, 5.41) is 3.01. The standard InChI is InChI=1S/C21H34N4O2/c1-4-24(5-2)20(26)18-12-16-25(17-13-18)21(27)22-14-9-15-23(3)19-10-7-6-8-11-19/h6-8,10-11,18H,4-5,9,12-17H2,1-3H3,(H,22,27). The zero-order valence-electron chi connectivity index (χ0n) is 17.0. The van der Waals surface area contributed by atoms with Gasteiger partial charge in [-0.2, -0.15) is 0 Å². The van der Waals surface area contributed by atoms with E-state index < -0.39 is 0 Å². The molecule has 0 atom stereocenters. The van der Waals surface area contributed by atoms with Gasteiger partial charge in [-0.05, 0) is 45.2 Å². The van der Waals surface area contributed by atoms with Gasteiger partial charge in [0.25, 0.3) is 0 Å². The summed E-state index contributed by atoms with van der Waals surface area (Å²) in [4.78, 5) is 30.7. The van der Waals surface area contributed by atoms with Gasteiger partial charge < -0.3 is 20.0 Å². The van der Waals surface area contributed by atoms with Crippen LogP contribution in [-0.2, 0) is 4.79 Å². The smallest absolute Gasteiger partial charge is 0.317 e. The Balaban J connectivity index is 1.65. The molecule has 0 unspecified atom stereocenters. The van der Waals surface area contributed by atoms with Crippen molar-refractivity contribution in [1.29, 1.82) is 0 Å². The van der Waals surface area contributed by atoms with Crippen LogP contribution in [0.25, 0.3) is 0 Å². The third-order valence-electron chi connectivity index (χ3n) is 5.35. The average Bonchev–Trinajstić information content (AvgIpc) is 2.72. The molecule has 150 valence electrons. The maximum atomic E-state index is 12.4. The van der Waals surface area contributed by atoms with Gasteiger partial charge in [-0.15, -0.1) is 0 Å². The average molecular weight is 375 g/mol. The van der Waals surface area contributed by atoms with Gasteiger partial charge >= 0.3 is 6.03 Å². The molecule has 0 aliphatic carbocycles. The molecule has 1 aromatic carbocycles. The number of likely N-dealkylation sites (tertiary alicyclic amines) is 1. The van der Waals surface area contributed by atoms with Gasteiger partial charge in [-0.1, -0.05) is 18.2 Å². The molecule has 0 bridgehead atoms. The molecule has 27 heavy (non-hydrogen) atoms. The van der Waals surface area contributed by atoms with E-state index in [0.717, 1.165) is 38.9 Å². The van der Waals surface area contributed by atoms with Crippen LogP contribution in [-0.4, -0.2) is 68.1 Å². The number of nitrogens with zero attached hydrogens (tertiary/aromatic N) is 3. The Morgan fingerprint density at radius 3 is 2.33 bits per heavy atom. The number of anilines is 1. The van der Waals surface area contributed by atoms with Crippen molar-refractivity contribution < 1.29 is 9.59 Å². The zero-order chi connectivity index (χ0) is 19.6. The van der Waals surface area contributed by atoms with Gasteiger partial charge in [0.1, 0.15) is 0 Å². The van der Waals surface area contributed by atoms with Crippen molar-refractivity contribution in [2.75, 3.05) is 51.2 Å².